The van der Waals surface area contributed by atoms with Crippen LogP contribution in [0.15, 0.2) is 24.3 Å². The Kier molecular flexibility index (Phi) is 5.06. The molecule has 1 aromatic carbocycles. The van der Waals surface area contributed by atoms with Gasteiger partial charge in [0.25, 0.3) is 0 Å². The van der Waals surface area contributed by atoms with Gasteiger partial charge < -0.3 is 15.0 Å². The first-order valence-corrected chi connectivity index (χ1v) is 6.52. The van der Waals surface area contributed by atoms with Gasteiger partial charge in [0.2, 0.25) is 11.8 Å². The summed E-state index contributed by atoms with van der Waals surface area (Å²) < 4.78 is 18.4. The van der Waals surface area contributed by atoms with Crippen molar-refractivity contribution < 1.29 is 18.7 Å². The molecular formula is C14H17FN2O3. The maximum atomic E-state index is 13.4. The van der Waals surface area contributed by atoms with Crippen LogP contribution in [-0.2, 0) is 20.7 Å². The average Bonchev–Trinajstić information content (AvgIpc) is 2.43. The van der Waals surface area contributed by atoms with E-state index in [1.807, 2.05) is 0 Å². The van der Waals surface area contributed by atoms with E-state index >= 15 is 0 Å². The van der Waals surface area contributed by atoms with Crippen molar-refractivity contribution in [1.82, 2.24) is 10.2 Å². The fraction of sp³-hybridized carbons (Fsp3) is 0.429. The number of nitrogens with zero attached hydrogens (tertiary/aromatic N) is 1. The average molecular weight is 280 g/mol. The normalized spacial score (nSPS) is 15.2. The summed E-state index contributed by atoms with van der Waals surface area (Å²) in [5, 5.41) is 2.69. The smallest absolute Gasteiger partial charge is 0.248 e. The third-order valence-electron chi connectivity index (χ3n) is 3.10. The fourth-order valence-electron chi connectivity index (χ4n) is 1.99. The van der Waals surface area contributed by atoms with Crippen LogP contribution >= 0.6 is 0 Å². The molecule has 20 heavy (non-hydrogen) atoms. The number of morpholine rings is 1. The molecule has 5 nitrogen and oxygen atoms in total. The molecule has 0 bridgehead atoms. The van der Waals surface area contributed by atoms with Crippen LogP contribution in [-0.4, -0.2) is 49.6 Å². The second-order valence-corrected chi connectivity index (χ2v) is 4.55. The number of benzene rings is 1. The summed E-state index contributed by atoms with van der Waals surface area (Å²) >= 11 is 0. The minimum atomic E-state index is -0.383. The topological polar surface area (TPSA) is 58.6 Å². The van der Waals surface area contributed by atoms with Crippen molar-refractivity contribution in [2.45, 2.75) is 6.42 Å². The van der Waals surface area contributed by atoms with E-state index in [0.717, 1.165) is 0 Å². The first kappa shape index (κ1) is 14.5. The minimum absolute atomic E-state index is 0.00370. The number of amides is 2. The zero-order chi connectivity index (χ0) is 14.4. The van der Waals surface area contributed by atoms with Crippen LogP contribution in [0.3, 0.4) is 0 Å². The second kappa shape index (κ2) is 7.00. The third-order valence-corrected chi connectivity index (χ3v) is 3.10. The molecule has 0 aliphatic carbocycles. The number of carbonyl (C=O) groups excluding carboxylic acids is 2. The molecule has 1 heterocycles. The quantitative estimate of drug-likeness (QED) is 0.846. The first-order valence-electron chi connectivity index (χ1n) is 6.52. The van der Waals surface area contributed by atoms with E-state index < -0.39 is 0 Å². The molecule has 0 radical (unpaired) electrons. The highest BCUT2D eigenvalue weighted by Gasteiger charge is 2.18. The van der Waals surface area contributed by atoms with Gasteiger partial charge in [-0.15, -0.1) is 0 Å². The predicted molar refractivity (Wildman–Crippen MR) is 70.5 cm³/mol. The number of hydrogen-bond acceptors (Lipinski definition) is 3. The van der Waals surface area contributed by atoms with Crippen molar-refractivity contribution in [3.05, 3.63) is 35.6 Å². The van der Waals surface area contributed by atoms with Gasteiger partial charge in [-0.05, 0) is 11.6 Å². The number of rotatable bonds is 5. The minimum Gasteiger partial charge on any atom is -0.370 e. The highest BCUT2D eigenvalue weighted by Crippen LogP contribution is 2.06. The lowest BCUT2D eigenvalue weighted by molar-refractivity contribution is -0.142. The predicted octanol–water partition coefficient (Wildman–Crippen LogP) is 0.343. The molecule has 2 rings (SSSR count). The van der Waals surface area contributed by atoms with Crippen molar-refractivity contribution in [3.8, 4) is 0 Å². The molecule has 1 fully saturated rings. The van der Waals surface area contributed by atoms with E-state index in [-0.39, 0.29) is 30.7 Å². The summed E-state index contributed by atoms with van der Waals surface area (Å²) in [5.74, 6) is -0.707. The Balaban J connectivity index is 1.73. The van der Waals surface area contributed by atoms with Crippen LogP contribution in [0.25, 0.3) is 0 Å². The fourth-order valence-corrected chi connectivity index (χ4v) is 1.99. The largest absolute Gasteiger partial charge is 0.370 e. The van der Waals surface area contributed by atoms with Crippen LogP contribution in [0.5, 0.6) is 0 Å². The van der Waals surface area contributed by atoms with Crippen LogP contribution in [0.4, 0.5) is 4.39 Å². The molecule has 0 saturated carbocycles. The van der Waals surface area contributed by atoms with E-state index in [4.69, 9.17) is 4.74 Å². The molecule has 1 aliphatic heterocycles. The third kappa shape index (κ3) is 4.03. The molecule has 0 aromatic heterocycles. The van der Waals surface area contributed by atoms with Gasteiger partial charge in [-0.2, -0.15) is 0 Å². The van der Waals surface area contributed by atoms with Crippen molar-refractivity contribution >= 4 is 11.8 Å². The van der Waals surface area contributed by atoms with E-state index in [9.17, 15) is 14.0 Å². The Morgan fingerprint density at radius 1 is 1.40 bits per heavy atom. The molecule has 0 spiro atoms. The summed E-state index contributed by atoms with van der Waals surface area (Å²) in [6.45, 7) is 1.98. The lowest BCUT2D eigenvalue weighted by Gasteiger charge is -2.26. The van der Waals surface area contributed by atoms with Crippen molar-refractivity contribution in [2.24, 2.45) is 0 Å². The molecule has 1 N–H and O–H groups in total. The lowest BCUT2D eigenvalue weighted by Crippen LogP contribution is -2.45. The zero-order valence-electron chi connectivity index (χ0n) is 11.1. The summed E-state index contributed by atoms with van der Waals surface area (Å²) in [6.07, 6.45) is 0.00370. The SMILES string of the molecule is O=C(Cc1ccccc1F)NCCN1CCOCC1=O. The highest BCUT2D eigenvalue weighted by molar-refractivity contribution is 5.79. The molecule has 108 valence electrons. The Morgan fingerprint density at radius 3 is 2.95 bits per heavy atom. The number of nitrogens with one attached hydrogen (secondary N) is 1. The van der Waals surface area contributed by atoms with Crippen molar-refractivity contribution in [3.63, 3.8) is 0 Å². The summed E-state index contributed by atoms with van der Waals surface area (Å²) in [5.41, 5.74) is 0.368. The van der Waals surface area contributed by atoms with E-state index in [0.29, 0.717) is 31.8 Å². The van der Waals surface area contributed by atoms with E-state index in [1.54, 1.807) is 23.1 Å². The molecule has 1 saturated heterocycles. The Morgan fingerprint density at radius 2 is 2.20 bits per heavy atom. The number of hydrogen-bond donors (Lipinski definition) is 1. The van der Waals surface area contributed by atoms with Crippen LogP contribution in [0.2, 0.25) is 0 Å². The molecule has 6 heteroatoms. The van der Waals surface area contributed by atoms with Gasteiger partial charge in [-0.1, -0.05) is 18.2 Å². The number of carbonyl (C=O) groups is 2. The van der Waals surface area contributed by atoms with Gasteiger partial charge in [-0.3, -0.25) is 9.59 Å². The van der Waals surface area contributed by atoms with Gasteiger partial charge in [0.05, 0.1) is 13.0 Å². The number of ether oxygens (including phenoxy) is 1. The van der Waals surface area contributed by atoms with Crippen molar-refractivity contribution in [1.29, 1.82) is 0 Å². The van der Waals surface area contributed by atoms with Crippen LogP contribution < -0.4 is 5.32 Å². The summed E-state index contributed by atoms with van der Waals surface area (Å²) in [6, 6.07) is 6.19. The maximum absolute atomic E-state index is 13.4. The van der Waals surface area contributed by atoms with E-state index in [1.165, 1.54) is 6.07 Å². The summed E-state index contributed by atoms with van der Waals surface area (Å²) in [7, 11) is 0. The molecule has 1 aliphatic rings. The Hall–Kier alpha value is -1.95. The summed E-state index contributed by atoms with van der Waals surface area (Å²) in [4.78, 5) is 24.8. The maximum Gasteiger partial charge on any atom is 0.248 e. The van der Waals surface area contributed by atoms with Gasteiger partial charge in [-0.25, -0.2) is 4.39 Å². The van der Waals surface area contributed by atoms with Crippen molar-refractivity contribution in [2.75, 3.05) is 32.8 Å². The molecule has 0 unspecified atom stereocenters. The van der Waals surface area contributed by atoms with Gasteiger partial charge >= 0.3 is 0 Å². The van der Waals surface area contributed by atoms with Crippen LogP contribution in [0.1, 0.15) is 5.56 Å². The highest BCUT2D eigenvalue weighted by atomic mass is 19.1. The molecule has 1 aromatic rings. The number of halogens is 1. The van der Waals surface area contributed by atoms with Gasteiger partial charge in [0.15, 0.2) is 0 Å². The molecule has 2 amide bonds. The first-order chi connectivity index (χ1) is 9.66. The molecule has 0 atom stereocenters. The zero-order valence-corrected chi connectivity index (χ0v) is 11.1. The lowest BCUT2D eigenvalue weighted by atomic mass is 10.1. The standard InChI is InChI=1S/C14H17FN2O3/c15-12-4-2-1-3-11(12)9-13(18)16-5-6-17-7-8-20-10-14(17)19/h1-4H,5-10H2,(H,16,18). The second-order valence-electron chi connectivity index (χ2n) is 4.55. The monoisotopic (exact) mass is 280 g/mol. The van der Waals surface area contributed by atoms with Crippen LogP contribution in [0, 0.1) is 5.82 Å². The molecular weight excluding hydrogens is 263 g/mol. The van der Waals surface area contributed by atoms with Gasteiger partial charge in [0.1, 0.15) is 12.4 Å². The van der Waals surface area contributed by atoms with E-state index in [2.05, 4.69) is 5.32 Å². The Labute approximate surface area is 116 Å². The Bertz CT molecular complexity index is 493. The van der Waals surface area contributed by atoms with Gasteiger partial charge in [0, 0.05) is 19.6 Å².